The number of phenolic OH excluding ortho intramolecular Hbond substituents is 1. The summed E-state index contributed by atoms with van der Waals surface area (Å²) >= 11 is 0. The monoisotopic (exact) mass is 494 g/mol. The molecule has 10 heteroatoms. The van der Waals surface area contributed by atoms with E-state index in [4.69, 9.17) is 4.74 Å². The smallest absolute Gasteiger partial charge is 0.266 e. The van der Waals surface area contributed by atoms with E-state index in [1.54, 1.807) is 24.3 Å². The summed E-state index contributed by atoms with van der Waals surface area (Å²) in [6.07, 6.45) is 0. The summed E-state index contributed by atoms with van der Waals surface area (Å²) in [5.41, 5.74) is 0.539. The third-order valence-electron chi connectivity index (χ3n) is 5.51. The number of amides is 3. The van der Waals surface area contributed by atoms with Crippen LogP contribution >= 0.6 is 0 Å². The number of imide groups is 1. The van der Waals surface area contributed by atoms with E-state index in [-0.39, 0.29) is 38.8 Å². The molecule has 0 unspecified atom stereocenters. The number of hydrogen-bond acceptors (Lipinski definition) is 7. The van der Waals surface area contributed by atoms with Gasteiger partial charge in [0.05, 0.1) is 39.8 Å². The Kier molecular flexibility index (Phi) is 6.31. The molecule has 0 saturated heterocycles. The zero-order valence-electron chi connectivity index (χ0n) is 18.9. The quantitative estimate of drug-likeness (QED) is 0.379. The van der Waals surface area contributed by atoms with Gasteiger partial charge >= 0.3 is 0 Å². The molecule has 3 amide bonds. The summed E-state index contributed by atoms with van der Waals surface area (Å²) in [4.78, 5) is 39.7. The zero-order valence-corrected chi connectivity index (χ0v) is 19.8. The first-order chi connectivity index (χ1) is 16.7. The number of ether oxygens (including phenoxy) is 1. The molecule has 2 N–H and O–H groups in total. The van der Waals surface area contributed by atoms with Crippen molar-refractivity contribution in [2.45, 2.75) is 18.7 Å². The van der Waals surface area contributed by atoms with Crippen LogP contribution in [0.3, 0.4) is 0 Å². The maximum absolute atomic E-state index is 13.0. The summed E-state index contributed by atoms with van der Waals surface area (Å²) in [5.74, 6) is -1.64. The predicted molar refractivity (Wildman–Crippen MR) is 129 cm³/mol. The van der Waals surface area contributed by atoms with Gasteiger partial charge in [-0.2, -0.15) is 0 Å². The number of hydrogen-bond donors (Lipinski definition) is 2. The van der Waals surface area contributed by atoms with Crippen molar-refractivity contribution in [2.75, 3.05) is 22.6 Å². The van der Waals surface area contributed by atoms with E-state index in [1.807, 2.05) is 6.92 Å². The molecule has 0 fully saturated rings. The average Bonchev–Trinajstić information content (AvgIpc) is 3.10. The molecule has 0 atom stereocenters. The number of nitrogens with one attached hydrogen (secondary N) is 1. The number of anilines is 2. The normalized spacial score (nSPS) is 13.0. The summed E-state index contributed by atoms with van der Waals surface area (Å²) in [6.45, 7) is 3.81. The fourth-order valence-corrected chi connectivity index (χ4v) is 4.55. The number of carbonyl (C=O) groups is 3. The van der Waals surface area contributed by atoms with E-state index in [1.165, 1.54) is 43.3 Å². The highest BCUT2D eigenvalue weighted by atomic mass is 32.2. The Balaban J connectivity index is 1.60. The predicted octanol–water partition coefficient (Wildman–Crippen LogP) is 3.64. The van der Waals surface area contributed by atoms with E-state index in [2.05, 4.69) is 5.32 Å². The second-order valence-electron chi connectivity index (χ2n) is 7.67. The van der Waals surface area contributed by atoms with E-state index < -0.39 is 27.6 Å². The Morgan fingerprint density at radius 2 is 1.63 bits per heavy atom. The van der Waals surface area contributed by atoms with Crippen LogP contribution < -0.4 is 15.0 Å². The first-order valence-electron chi connectivity index (χ1n) is 10.8. The van der Waals surface area contributed by atoms with E-state index >= 15 is 0 Å². The number of benzene rings is 3. The molecule has 3 aromatic carbocycles. The lowest BCUT2D eigenvalue weighted by Gasteiger charge is -2.14. The molecule has 1 aliphatic heterocycles. The van der Waals surface area contributed by atoms with Crippen LogP contribution in [0.4, 0.5) is 11.4 Å². The van der Waals surface area contributed by atoms with E-state index in [9.17, 15) is 27.9 Å². The topological polar surface area (TPSA) is 130 Å². The molecule has 0 spiro atoms. The van der Waals surface area contributed by atoms with Gasteiger partial charge in [-0.05, 0) is 67.6 Å². The Hall–Kier alpha value is -4.18. The highest BCUT2D eigenvalue weighted by Gasteiger charge is 2.37. The molecule has 0 aromatic heterocycles. The second-order valence-corrected chi connectivity index (χ2v) is 9.95. The fourth-order valence-electron chi connectivity index (χ4n) is 3.64. The highest BCUT2D eigenvalue weighted by Crippen LogP contribution is 2.31. The number of rotatable bonds is 7. The molecule has 180 valence electrons. The maximum atomic E-state index is 13.0. The lowest BCUT2D eigenvalue weighted by Crippen LogP contribution is -2.29. The Labute approximate surface area is 201 Å². The molecule has 0 saturated carbocycles. The van der Waals surface area contributed by atoms with Crippen LogP contribution in [-0.2, 0) is 9.84 Å². The van der Waals surface area contributed by atoms with Crippen molar-refractivity contribution >= 4 is 38.9 Å². The van der Waals surface area contributed by atoms with Gasteiger partial charge in [-0.25, -0.2) is 13.3 Å². The first-order valence-corrected chi connectivity index (χ1v) is 12.4. The van der Waals surface area contributed by atoms with Crippen LogP contribution in [0.25, 0.3) is 0 Å². The number of sulfone groups is 1. The van der Waals surface area contributed by atoms with Crippen molar-refractivity contribution in [3.8, 4) is 11.5 Å². The molecule has 35 heavy (non-hydrogen) atoms. The fraction of sp³-hybridized carbons (Fsp3) is 0.160. The highest BCUT2D eigenvalue weighted by molar-refractivity contribution is 7.91. The van der Waals surface area contributed by atoms with Gasteiger partial charge in [0, 0.05) is 5.56 Å². The van der Waals surface area contributed by atoms with Crippen LogP contribution in [-0.4, -0.2) is 43.6 Å². The molecule has 1 aliphatic rings. The summed E-state index contributed by atoms with van der Waals surface area (Å²) in [5, 5.41) is 12.6. The van der Waals surface area contributed by atoms with Gasteiger partial charge < -0.3 is 15.2 Å². The van der Waals surface area contributed by atoms with E-state index in [0.29, 0.717) is 18.0 Å². The summed E-state index contributed by atoms with van der Waals surface area (Å²) < 4.78 is 29.7. The number of fused-ring (bicyclic) bond motifs is 1. The van der Waals surface area contributed by atoms with E-state index in [0.717, 1.165) is 4.90 Å². The molecule has 0 aliphatic carbocycles. The van der Waals surface area contributed by atoms with Crippen molar-refractivity contribution < 1.29 is 32.6 Å². The second kappa shape index (κ2) is 9.22. The molecule has 0 bridgehead atoms. The minimum Gasteiger partial charge on any atom is -0.506 e. The Morgan fingerprint density at radius 3 is 2.29 bits per heavy atom. The number of nitrogens with zero attached hydrogens (tertiary/aromatic N) is 1. The average molecular weight is 495 g/mol. The molecule has 9 nitrogen and oxygen atoms in total. The molecule has 3 aromatic rings. The Morgan fingerprint density at radius 1 is 0.943 bits per heavy atom. The lowest BCUT2D eigenvalue weighted by atomic mass is 10.1. The van der Waals surface area contributed by atoms with Crippen LogP contribution in [0.1, 0.15) is 44.9 Å². The summed E-state index contributed by atoms with van der Waals surface area (Å²) in [7, 11) is -3.56. The van der Waals surface area contributed by atoms with Gasteiger partial charge in [0.15, 0.2) is 9.84 Å². The lowest BCUT2D eigenvalue weighted by molar-refractivity contribution is 0.0925. The van der Waals surface area contributed by atoms with Crippen molar-refractivity contribution in [2.24, 2.45) is 0 Å². The Bertz CT molecular complexity index is 1450. The number of phenols is 1. The SMILES string of the molecule is CCOc1ccc(N2C(=O)c3ccc(C(=O)Nc4cc(S(=O)(=O)CC)ccc4O)cc3C2=O)cc1. The third kappa shape index (κ3) is 4.47. The maximum Gasteiger partial charge on any atom is 0.266 e. The van der Waals surface area contributed by atoms with Crippen molar-refractivity contribution in [3.63, 3.8) is 0 Å². The van der Waals surface area contributed by atoms with Gasteiger partial charge in [0.25, 0.3) is 17.7 Å². The van der Waals surface area contributed by atoms with Crippen LogP contribution in [0.5, 0.6) is 11.5 Å². The number of carbonyl (C=O) groups excluding carboxylic acids is 3. The standard InChI is InChI=1S/C25H22N2O7S/c1-3-34-17-8-6-16(7-9-17)27-24(30)19-11-5-15(13-20(19)25(27)31)23(29)26-21-14-18(10-12-22(21)28)35(32,33)4-2/h5-14,28H,3-4H2,1-2H3,(H,26,29). The van der Waals surface area contributed by atoms with Crippen LogP contribution in [0.15, 0.2) is 65.6 Å². The zero-order chi connectivity index (χ0) is 25.3. The third-order valence-corrected chi connectivity index (χ3v) is 7.24. The van der Waals surface area contributed by atoms with Gasteiger partial charge in [0.2, 0.25) is 0 Å². The summed E-state index contributed by atoms with van der Waals surface area (Å²) in [6, 6.07) is 14.2. The van der Waals surface area contributed by atoms with Crippen LogP contribution in [0, 0.1) is 0 Å². The first kappa shape index (κ1) is 24.0. The minimum absolute atomic E-state index is 0.0474. The van der Waals surface area contributed by atoms with Crippen molar-refractivity contribution in [3.05, 3.63) is 77.4 Å². The molecule has 0 radical (unpaired) electrons. The van der Waals surface area contributed by atoms with Crippen molar-refractivity contribution in [1.82, 2.24) is 0 Å². The minimum atomic E-state index is -3.56. The van der Waals surface area contributed by atoms with Gasteiger partial charge in [-0.1, -0.05) is 6.92 Å². The molecular weight excluding hydrogens is 472 g/mol. The number of aromatic hydroxyl groups is 1. The van der Waals surface area contributed by atoms with Gasteiger partial charge in [-0.15, -0.1) is 0 Å². The van der Waals surface area contributed by atoms with Gasteiger partial charge in [0.1, 0.15) is 11.5 Å². The van der Waals surface area contributed by atoms with Gasteiger partial charge in [-0.3, -0.25) is 14.4 Å². The van der Waals surface area contributed by atoms with Crippen LogP contribution in [0.2, 0.25) is 0 Å². The van der Waals surface area contributed by atoms with Crippen molar-refractivity contribution in [1.29, 1.82) is 0 Å². The largest absolute Gasteiger partial charge is 0.506 e. The molecule has 1 heterocycles. The molecule has 4 rings (SSSR count). The molecular formula is C25H22N2O7S.